The number of rotatable bonds is 5. The van der Waals surface area contributed by atoms with E-state index < -0.39 is 5.97 Å². The Morgan fingerprint density at radius 3 is 2.47 bits per heavy atom. The highest BCUT2D eigenvalue weighted by Crippen LogP contribution is 2.17. The smallest absolute Gasteiger partial charge is 0.337 e. The third-order valence-electron chi connectivity index (χ3n) is 3.23. The highest BCUT2D eigenvalue weighted by molar-refractivity contribution is 5.94. The van der Waals surface area contributed by atoms with Gasteiger partial charge in [-0.2, -0.15) is 0 Å². The number of nitrogens with zero attached hydrogens (tertiary/aromatic N) is 1. The fourth-order valence-electron chi connectivity index (χ4n) is 1.45. The molecule has 0 aliphatic heterocycles. The lowest BCUT2D eigenvalue weighted by Crippen LogP contribution is -2.34. The summed E-state index contributed by atoms with van der Waals surface area (Å²) >= 11 is 0. The number of hydrogen-bond donors (Lipinski definition) is 2. The van der Waals surface area contributed by atoms with Gasteiger partial charge in [-0.25, -0.2) is 9.78 Å². The zero-order valence-corrected chi connectivity index (χ0v) is 11.8. The van der Waals surface area contributed by atoms with Crippen LogP contribution < -0.4 is 5.32 Å². The molecule has 0 fully saturated rings. The van der Waals surface area contributed by atoms with Crippen LogP contribution in [0.1, 0.15) is 53.7 Å². The van der Waals surface area contributed by atoms with Gasteiger partial charge in [-0.15, -0.1) is 0 Å². The lowest BCUT2D eigenvalue weighted by atomic mass is 9.90. The first kappa shape index (κ1) is 15.1. The van der Waals surface area contributed by atoms with Crippen LogP contribution in [0.4, 0.5) is 0 Å². The molecule has 0 atom stereocenters. The zero-order chi connectivity index (χ0) is 14.6. The summed E-state index contributed by atoms with van der Waals surface area (Å²) < 4.78 is 0. The van der Waals surface area contributed by atoms with Crippen molar-refractivity contribution in [2.45, 2.75) is 34.1 Å². The van der Waals surface area contributed by atoms with E-state index in [1.807, 2.05) is 0 Å². The second-order valence-electron chi connectivity index (χ2n) is 5.34. The largest absolute Gasteiger partial charge is 0.478 e. The molecular weight excluding hydrogens is 244 g/mol. The highest BCUT2D eigenvalue weighted by atomic mass is 16.4. The van der Waals surface area contributed by atoms with Crippen LogP contribution in [0.25, 0.3) is 0 Å². The minimum absolute atomic E-state index is 0.0334. The van der Waals surface area contributed by atoms with Gasteiger partial charge in [-0.05, 0) is 30.9 Å². The van der Waals surface area contributed by atoms with Gasteiger partial charge in [0.05, 0.1) is 11.3 Å². The quantitative estimate of drug-likeness (QED) is 0.855. The zero-order valence-electron chi connectivity index (χ0n) is 11.8. The number of hydrogen-bond acceptors (Lipinski definition) is 3. The predicted octanol–water partition coefficient (Wildman–Crippen LogP) is 2.25. The second kappa shape index (κ2) is 5.82. The van der Waals surface area contributed by atoms with Gasteiger partial charge in [0.15, 0.2) is 0 Å². The summed E-state index contributed by atoms with van der Waals surface area (Å²) in [7, 11) is 0. The molecule has 0 saturated heterocycles. The van der Waals surface area contributed by atoms with Crippen LogP contribution in [0.15, 0.2) is 12.1 Å². The van der Waals surface area contributed by atoms with Gasteiger partial charge in [0.2, 0.25) is 0 Å². The third-order valence-corrected chi connectivity index (χ3v) is 3.23. The van der Waals surface area contributed by atoms with E-state index in [4.69, 9.17) is 5.11 Å². The maximum absolute atomic E-state index is 11.9. The molecule has 0 radical (unpaired) electrons. The molecule has 1 rings (SSSR count). The summed E-state index contributed by atoms with van der Waals surface area (Å²) in [5, 5.41) is 11.7. The number of carboxylic acid groups (broad SMARTS) is 1. The lowest BCUT2D eigenvalue weighted by Gasteiger charge is -2.22. The standard InChI is InChI=1S/C14H20N2O3/c1-5-14(3,4)8-15-12(17)11-7-6-10(13(18)19)9(2)16-11/h6-7H,5,8H2,1-4H3,(H,15,17)(H,18,19). The number of carboxylic acids is 1. The van der Waals surface area contributed by atoms with Crippen LogP contribution in [0.2, 0.25) is 0 Å². The Balaban J connectivity index is 2.79. The molecule has 2 N–H and O–H groups in total. The molecule has 1 heterocycles. The third kappa shape index (κ3) is 4.05. The lowest BCUT2D eigenvalue weighted by molar-refractivity contribution is 0.0694. The molecule has 0 spiro atoms. The Kier molecular flexibility index (Phi) is 4.64. The summed E-state index contributed by atoms with van der Waals surface area (Å²) in [5.41, 5.74) is 0.737. The number of aromatic carboxylic acids is 1. The molecule has 19 heavy (non-hydrogen) atoms. The van der Waals surface area contributed by atoms with Gasteiger partial charge < -0.3 is 10.4 Å². The molecule has 0 bridgehead atoms. The van der Waals surface area contributed by atoms with Gasteiger partial charge >= 0.3 is 5.97 Å². The van der Waals surface area contributed by atoms with Gasteiger partial charge in [-0.1, -0.05) is 20.8 Å². The van der Waals surface area contributed by atoms with Crippen molar-refractivity contribution in [3.8, 4) is 0 Å². The van der Waals surface area contributed by atoms with E-state index in [0.717, 1.165) is 6.42 Å². The summed E-state index contributed by atoms with van der Waals surface area (Å²) in [5.74, 6) is -1.31. The summed E-state index contributed by atoms with van der Waals surface area (Å²) in [4.78, 5) is 26.8. The van der Waals surface area contributed by atoms with Crippen LogP contribution in [0.3, 0.4) is 0 Å². The van der Waals surface area contributed by atoms with Crippen LogP contribution >= 0.6 is 0 Å². The Bertz CT molecular complexity index is 495. The minimum Gasteiger partial charge on any atom is -0.478 e. The van der Waals surface area contributed by atoms with Gasteiger partial charge in [-0.3, -0.25) is 4.79 Å². The van der Waals surface area contributed by atoms with E-state index >= 15 is 0 Å². The van der Waals surface area contributed by atoms with Gasteiger partial charge in [0.1, 0.15) is 5.69 Å². The van der Waals surface area contributed by atoms with E-state index in [1.54, 1.807) is 6.92 Å². The number of carbonyl (C=O) groups is 2. The van der Waals surface area contributed by atoms with E-state index in [9.17, 15) is 9.59 Å². The van der Waals surface area contributed by atoms with Crippen molar-refractivity contribution in [2.75, 3.05) is 6.54 Å². The van der Waals surface area contributed by atoms with Crippen molar-refractivity contribution in [3.05, 3.63) is 29.1 Å². The monoisotopic (exact) mass is 264 g/mol. The molecule has 104 valence electrons. The number of aromatic nitrogens is 1. The fraction of sp³-hybridized carbons (Fsp3) is 0.500. The highest BCUT2D eigenvalue weighted by Gasteiger charge is 2.18. The molecule has 1 aromatic rings. The molecule has 5 nitrogen and oxygen atoms in total. The molecule has 1 aromatic heterocycles. The summed E-state index contributed by atoms with van der Waals surface area (Å²) in [6, 6.07) is 2.84. The Morgan fingerprint density at radius 2 is 2.00 bits per heavy atom. The molecule has 0 aliphatic carbocycles. The van der Waals surface area contributed by atoms with E-state index in [-0.39, 0.29) is 22.6 Å². The number of carbonyl (C=O) groups excluding carboxylic acids is 1. The maximum atomic E-state index is 11.9. The average Bonchev–Trinajstić information content (AvgIpc) is 2.35. The van der Waals surface area contributed by atoms with Crippen molar-refractivity contribution >= 4 is 11.9 Å². The van der Waals surface area contributed by atoms with E-state index in [0.29, 0.717) is 12.2 Å². The van der Waals surface area contributed by atoms with Crippen LogP contribution in [0, 0.1) is 12.3 Å². The van der Waals surface area contributed by atoms with Crippen LogP contribution in [-0.2, 0) is 0 Å². The Labute approximate surface area is 113 Å². The van der Waals surface area contributed by atoms with Crippen molar-refractivity contribution < 1.29 is 14.7 Å². The molecular formula is C14H20N2O3. The first-order valence-corrected chi connectivity index (χ1v) is 6.26. The number of amides is 1. The molecule has 5 heteroatoms. The number of pyridine rings is 1. The topological polar surface area (TPSA) is 79.3 Å². The van der Waals surface area contributed by atoms with Crippen molar-refractivity contribution in [1.82, 2.24) is 10.3 Å². The van der Waals surface area contributed by atoms with Crippen molar-refractivity contribution in [2.24, 2.45) is 5.41 Å². The first-order chi connectivity index (χ1) is 8.76. The van der Waals surface area contributed by atoms with Crippen LogP contribution in [0.5, 0.6) is 0 Å². The molecule has 0 saturated carbocycles. The molecule has 0 unspecified atom stereocenters. The normalized spacial score (nSPS) is 11.2. The fourth-order valence-corrected chi connectivity index (χ4v) is 1.45. The molecule has 0 aromatic carbocycles. The molecule has 1 amide bonds. The number of aryl methyl sites for hydroxylation is 1. The Morgan fingerprint density at radius 1 is 1.37 bits per heavy atom. The average molecular weight is 264 g/mol. The van der Waals surface area contributed by atoms with E-state index in [1.165, 1.54) is 12.1 Å². The first-order valence-electron chi connectivity index (χ1n) is 6.26. The second-order valence-corrected chi connectivity index (χ2v) is 5.34. The maximum Gasteiger partial charge on any atom is 0.337 e. The molecule has 0 aliphatic rings. The van der Waals surface area contributed by atoms with Crippen LogP contribution in [-0.4, -0.2) is 28.5 Å². The van der Waals surface area contributed by atoms with Gasteiger partial charge in [0, 0.05) is 6.54 Å². The summed E-state index contributed by atoms with van der Waals surface area (Å²) in [6.07, 6.45) is 0.956. The van der Waals surface area contributed by atoms with Gasteiger partial charge in [0.25, 0.3) is 5.91 Å². The SMILES string of the molecule is CCC(C)(C)CNC(=O)c1ccc(C(=O)O)c(C)n1. The summed E-state index contributed by atoms with van der Waals surface area (Å²) in [6.45, 7) is 8.34. The number of nitrogens with one attached hydrogen (secondary N) is 1. The predicted molar refractivity (Wildman–Crippen MR) is 72.3 cm³/mol. The van der Waals surface area contributed by atoms with Crippen molar-refractivity contribution in [1.29, 1.82) is 0 Å². The van der Waals surface area contributed by atoms with Crippen molar-refractivity contribution in [3.63, 3.8) is 0 Å². The van der Waals surface area contributed by atoms with E-state index in [2.05, 4.69) is 31.1 Å². The minimum atomic E-state index is -1.04. The Hall–Kier alpha value is -1.91.